The summed E-state index contributed by atoms with van der Waals surface area (Å²) in [6, 6.07) is 6.06. The Kier molecular flexibility index (Phi) is 6.53. The van der Waals surface area contributed by atoms with Crippen LogP contribution in [0.25, 0.3) is 0 Å². The Morgan fingerprint density at radius 2 is 2.03 bits per heavy atom. The Balaban J connectivity index is 1.45. The maximum absolute atomic E-state index is 13.7. The molecule has 1 aromatic heterocycles. The van der Waals surface area contributed by atoms with Crippen LogP contribution >= 0.6 is 0 Å². The van der Waals surface area contributed by atoms with Crippen molar-refractivity contribution in [2.75, 3.05) is 38.6 Å². The highest BCUT2D eigenvalue weighted by Gasteiger charge is 2.30. The van der Waals surface area contributed by atoms with E-state index in [0.717, 1.165) is 35.7 Å². The highest BCUT2D eigenvalue weighted by molar-refractivity contribution is 5.78. The van der Waals surface area contributed by atoms with E-state index in [9.17, 15) is 14.0 Å². The van der Waals surface area contributed by atoms with Gasteiger partial charge in [0.25, 0.3) is 5.91 Å². The molecule has 0 radical (unpaired) electrons. The molecule has 2 aliphatic rings. The molecular formula is C23H28FN5O3. The van der Waals surface area contributed by atoms with Crippen LogP contribution in [0.3, 0.4) is 0 Å². The number of hydrogen-bond donors (Lipinski definition) is 1. The van der Waals surface area contributed by atoms with Crippen LogP contribution < -0.4 is 10.1 Å². The largest absolute Gasteiger partial charge is 0.481 e. The molecular weight excluding hydrogens is 413 g/mol. The standard InChI is InChI=1S/C23H28FN5O3/c1-15(30)28-11-9-19-17(13-28)23(25-2)27-22(26-19)16-6-5-10-29(12-16)21(31)14-32-20-8-4-3-7-18(20)24/h3-4,7-8,16H,5-6,9-14H2,1-2H3,(H,25,26,27)/t16-/m0/s1. The fourth-order valence-corrected chi connectivity index (χ4v) is 4.30. The number of nitrogens with one attached hydrogen (secondary N) is 1. The lowest BCUT2D eigenvalue weighted by molar-refractivity contribution is -0.134. The third kappa shape index (κ3) is 4.66. The third-order valence-electron chi connectivity index (χ3n) is 6.09. The van der Waals surface area contributed by atoms with Crippen molar-refractivity contribution in [3.8, 4) is 5.75 Å². The molecule has 2 aliphatic heterocycles. The molecule has 0 bridgehead atoms. The first-order valence-corrected chi connectivity index (χ1v) is 10.9. The highest BCUT2D eigenvalue weighted by Crippen LogP contribution is 2.30. The van der Waals surface area contributed by atoms with Gasteiger partial charge in [0.05, 0.1) is 12.2 Å². The number of piperidine rings is 1. The minimum atomic E-state index is -0.484. The number of amides is 2. The van der Waals surface area contributed by atoms with E-state index in [2.05, 4.69) is 5.32 Å². The summed E-state index contributed by atoms with van der Waals surface area (Å²) in [6.45, 7) is 3.65. The van der Waals surface area contributed by atoms with Crippen LogP contribution in [0.15, 0.2) is 24.3 Å². The Labute approximate surface area is 186 Å². The third-order valence-corrected chi connectivity index (χ3v) is 6.09. The number of halogens is 1. The molecule has 0 spiro atoms. The minimum absolute atomic E-state index is 0.0180. The monoisotopic (exact) mass is 441 g/mol. The molecule has 9 heteroatoms. The number of rotatable bonds is 5. The van der Waals surface area contributed by atoms with Crippen molar-refractivity contribution in [3.63, 3.8) is 0 Å². The fraction of sp³-hybridized carbons (Fsp3) is 0.478. The maximum atomic E-state index is 13.7. The summed E-state index contributed by atoms with van der Waals surface area (Å²) >= 11 is 0. The number of carbonyl (C=O) groups is 2. The Hall–Kier alpha value is -3.23. The molecule has 0 aliphatic carbocycles. The van der Waals surface area contributed by atoms with Crippen molar-refractivity contribution in [1.29, 1.82) is 0 Å². The first kappa shape index (κ1) is 22.0. The summed E-state index contributed by atoms with van der Waals surface area (Å²) in [5.74, 6) is 0.930. The van der Waals surface area contributed by atoms with Crippen LogP contribution in [0.5, 0.6) is 5.75 Å². The normalized spacial score (nSPS) is 18.2. The second-order valence-electron chi connectivity index (χ2n) is 8.19. The molecule has 1 atom stereocenters. The van der Waals surface area contributed by atoms with Gasteiger partial charge in [-0.1, -0.05) is 12.1 Å². The number of hydrogen-bond acceptors (Lipinski definition) is 6. The van der Waals surface area contributed by atoms with Crippen molar-refractivity contribution in [3.05, 3.63) is 47.2 Å². The molecule has 1 aromatic carbocycles. The van der Waals surface area contributed by atoms with E-state index in [4.69, 9.17) is 14.7 Å². The summed E-state index contributed by atoms with van der Waals surface area (Å²) in [5.41, 5.74) is 1.92. The van der Waals surface area contributed by atoms with Crippen LogP contribution in [0, 0.1) is 5.82 Å². The van der Waals surface area contributed by atoms with Gasteiger partial charge in [-0.3, -0.25) is 9.59 Å². The molecule has 2 aromatic rings. The summed E-state index contributed by atoms with van der Waals surface area (Å²) in [7, 11) is 1.82. The van der Waals surface area contributed by atoms with E-state index in [0.29, 0.717) is 32.6 Å². The number of ether oxygens (including phenoxy) is 1. The van der Waals surface area contributed by atoms with Crippen molar-refractivity contribution in [2.45, 2.75) is 38.6 Å². The van der Waals surface area contributed by atoms with Gasteiger partial charge >= 0.3 is 0 Å². The van der Waals surface area contributed by atoms with E-state index in [1.807, 2.05) is 7.05 Å². The zero-order valence-corrected chi connectivity index (χ0v) is 18.4. The van der Waals surface area contributed by atoms with E-state index >= 15 is 0 Å². The average molecular weight is 442 g/mol. The number of para-hydroxylation sites is 1. The molecule has 8 nitrogen and oxygen atoms in total. The van der Waals surface area contributed by atoms with Crippen LogP contribution in [0.1, 0.15) is 42.8 Å². The van der Waals surface area contributed by atoms with Crippen LogP contribution in [0.4, 0.5) is 10.2 Å². The van der Waals surface area contributed by atoms with Crippen molar-refractivity contribution >= 4 is 17.6 Å². The molecule has 1 N–H and O–H groups in total. The second-order valence-corrected chi connectivity index (χ2v) is 8.19. The smallest absolute Gasteiger partial charge is 0.260 e. The molecule has 32 heavy (non-hydrogen) atoms. The molecule has 4 rings (SSSR count). The molecule has 170 valence electrons. The first-order valence-electron chi connectivity index (χ1n) is 10.9. The molecule has 1 fully saturated rings. The second kappa shape index (κ2) is 9.50. The van der Waals surface area contributed by atoms with Gasteiger partial charge in [0.15, 0.2) is 18.2 Å². The maximum Gasteiger partial charge on any atom is 0.260 e. The van der Waals surface area contributed by atoms with Gasteiger partial charge < -0.3 is 19.9 Å². The lowest BCUT2D eigenvalue weighted by Crippen LogP contribution is -2.42. The van der Waals surface area contributed by atoms with E-state index in [-0.39, 0.29) is 30.1 Å². The fourth-order valence-electron chi connectivity index (χ4n) is 4.30. The summed E-state index contributed by atoms with van der Waals surface area (Å²) < 4.78 is 19.1. The molecule has 1 saturated heterocycles. The van der Waals surface area contributed by atoms with Crippen LogP contribution in [0.2, 0.25) is 0 Å². The molecule has 0 unspecified atom stereocenters. The minimum Gasteiger partial charge on any atom is -0.481 e. The highest BCUT2D eigenvalue weighted by atomic mass is 19.1. The van der Waals surface area contributed by atoms with Gasteiger partial charge in [-0.05, 0) is 25.0 Å². The quantitative estimate of drug-likeness (QED) is 0.767. The lowest BCUT2D eigenvalue weighted by Gasteiger charge is -2.33. The van der Waals surface area contributed by atoms with E-state index in [1.165, 1.54) is 12.1 Å². The van der Waals surface area contributed by atoms with Gasteiger partial charge in [-0.25, -0.2) is 14.4 Å². The van der Waals surface area contributed by atoms with Gasteiger partial charge in [0.1, 0.15) is 11.6 Å². The topological polar surface area (TPSA) is 87.7 Å². The first-order chi connectivity index (χ1) is 15.5. The molecule has 3 heterocycles. The number of fused-ring (bicyclic) bond motifs is 1. The van der Waals surface area contributed by atoms with Gasteiger partial charge in [0, 0.05) is 51.5 Å². The van der Waals surface area contributed by atoms with E-state index in [1.54, 1.807) is 28.9 Å². The summed E-state index contributed by atoms with van der Waals surface area (Å²) in [4.78, 5) is 37.6. The number of anilines is 1. The summed E-state index contributed by atoms with van der Waals surface area (Å²) in [6.07, 6.45) is 2.41. The number of benzene rings is 1. The van der Waals surface area contributed by atoms with Crippen LogP contribution in [-0.4, -0.2) is 64.9 Å². The van der Waals surface area contributed by atoms with Crippen LogP contribution in [-0.2, 0) is 22.6 Å². The van der Waals surface area contributed by atoms with Crippen molar-refractivity contribution < 1.29 is 18.7 Å². The van der Waals surface area contributed by atoms with Gasteiger partial charge in [-0.15, -0.1) is 0 Å². The number of likely N-dealkylation sites (tertiary alicyclic amines) is 1. The lowest BCUT2D eigenvalue weighted by atomic mass is 9.96. The number of aromatic nitrogens is 2. The van der Waals surface area contributed by atoms with Gasteiger partial charge in [0.2, 0.25) is 5.91 Å². The SMILES string of the molecule is CNc1nc([C@H]2CCCN(C(=O)COc3ccccc3F)C2)nc2c1CN(C(C)=O)CC2. The Morgan fingerprint density at radius 3 is 2.78 bits per heavy atom. The molecule has 0 saturated carbocycles. The van der Waals surface area contributed by atoms with E-state index < -0.39 is 5.82 Å². The predicted octanol–water partition coefficient (Wildman–Crippen LogP) is 2.35. The predicted molar refractivity (Wildman–Crippen MR) is 117 cm³/mol. The van der Waals surface area contributed by atoms with Gasteiger partial charge in [-0.2, -0.15) is 0 Å². The molecule has 2 amide bonds. The Bertz CT molecular complexity index is 998. The van der Waals surface area contributed by atoms with Crippen molar-refractivity contribution in [2.24, 2.45) is 0 Å². The average Bonchev–Trinajstić information content (AvgIpc) is 2.82. The summed E-state index contributed by atoms with van der Waals surface area (Å²) in [5, 5.41) is 3.15. The number of carbonyl (C=O) groups excluding carboxylic acids is 2. The zero-order chi connectivity index (χ0) is 22.7. The Morgan fingerprint density at radius 1 is 1.22 bits per heavy atom. The number of nitrogens with zero attached hydrogens (tertiary/aromatic N) is 4. The van der Waals surface area contributed by atoms with Crippen molar-refractivity contribution in [1.82, 2.24) is 19.8 Å². The zero-order valence-electron chi connectivity index (χ0n) is 18.4.